The maximum absolute atomic E-state index is 6.23. The van der Waals surface area contributed by atoms with Gasteiger partial charge in [0.15, 0.2) is 17.5 Å². The zero-order valence-corrected chi connectivity index (χ0v) is 41.9. The van der Waals surface area contributed by atoms with Gasteiger partial charge in [-0.3, -0.25) is 9.13 Å². The predicted molar refractivity (Wildman–Crippen MR) is 307 cm³/mol. The second-order valence-corrected chi connectivity index (χ2v) is 20.0. The van der Waals surface area contributed by atoms with Crippen molar-refractivity contribution in [3.05, 3.63) is 224 Å². The molecule has 0 aliphatic carbocycles. The Morgan fingerprint density at radius 1 is 0.360 bits per heavy atom. The number of hydrogen-bond donors (Lipinski definition) is 0. The van der Waals surface area contributed by atoms with Crippen LogP contribution in [0.3, 0.4) is 0 Å². The van der Waals surface area contributed by atoms with Crippen LogP contribution in [-0.2, 0) is 0 Å². The molecular weight excluding hydrogens is 919 g/mol. The van der Waals surface area contributed by atoms with Crippen molar-refractivity contribution in [1.82, 2.24) is 34.1 Å². The molecule has 0 fully saturated rings. The molecule has 358 valence electrons. The second kappa shape index (κ2) is 17.6. The zero-order valence-electron chi connectivity index (χ0n) is 41.9. The first-order valence-corrected chi connectivity index (χ1v) is 25.7. The highest BCUT2D eigenvalue weighted by Gasteiger charge is 2.31. The van der Waals surface area contributed by atoms with Crippen LogP contribution in [0.25, 0.3) is 134 Å². The molecule has 8 nitrogen and oxygen atoms in total. The third kappa shape index (κ3) is 7.24. The fraction of sp³-hybridized carbons (Fsp3) is 0.0896. The normalized spacial score (nSPS) is 12.0. The molecule has 5 heterocycles. The number of para-hydroxylation sites is 3. The summed E-state index contributed by atoms with van der Waals surface area (Å²) in [6.07, 6.45) is 1.89. The van der Waals surface area contributed by atoms with Crippen molar-refractivity contribution in [2.45, 2.75) is 39.5 Å². The van der Waals surface area contributed by atoms with E-state index in [4.69, 9.17) is 29.3 Å². The number of nitrogens with zero attached hydrogens (tertiary/aromatic N) is 7. The summed E-state index contributed by atoms with van der Waals surface area (Å²) in [5.41, 5.74) is 15.6. The van der Waals surface area contributed by atoms with Crippen molar-refractivity contribution in [2.24, 2.45) is 0 Å². The van der Waals surface area contributed by atoms with Crippen LogP contribution < -0.4 is 0 Å². The third-order valence-corrected chi connectivity index (χ3v) is 14.7. The minimum absolute atomic E-state index is 0.140. The molecule has 0 spiro atoms. The Hall–Kier alpha value is -9.53. The minimum Gasteiger partial charge on any atom is -0.456 e. The van der Waals surface area contributed by atoms with Gasteiger partial charge in [0.05, 0.1) is 22.1 Å². The number of fused-ring (bicyclic) bond motifs is 10. The van der Waals surface area contributed by atoms with Crippen LogP contribution in [-0.4, -0.2) is 34.1 Å². The first-order chi connectivity index (χ1) is 36.9. The molecular formula is C67H49N7O. The Morgan fingerprint density at radius 2 is 0.880 bits per heavy atom. The van der Waals surface area contributed by atoms with E-state index in [9.17, 15) is 0 Å². The molecule has 0 aliphatic heterocycles. The van der Waals surface area contributed by atoms with Gasteiger partial charge in [-0.2, -0.15) is 9.97 Å². The standard InChI is InChI=1S/C67H49N7O/c1-40(2)58-59(41(3)4)62-61(51-29-12-14-30-53(51)73(62)57-35-36-68-64(69-57)48-33-34-56-52(39-48)49-27-13-16-32-55(49)75-56)63-60(58)50-28-11-15-31-54(50)74(63)67-71-65(46-25-17-23-44(37-46)42-19-7-5-8-20-42)70-66(72-67)47-26-18-24-45(38-47)43-21-9-6-10-22-43/h5-41H,1-4H3. The first-order valence-electron chi connectivity index (χ1n) is 25.7. The van der Waals surface area contributed by atoms with Crippen molar-refractivity contribution in [2.75, 3.05) is 0 Å². The van der Waals surface area contributed by atoms with Crippen LogP contribution in [0.4, 0.5) is 0 Å². The molecule has 0 aliphatic rings. The van der Waals surface area contributed by atoms with E-state index in [0.717, 1.165) is 105 Å². The lowest BCUT2D eigenvalue weighted by Crippen LogP contribution is -2.09. The van der Waals surface area contributed by atoms with E-state index in [2.05, 4.69) is 201 Å². The van der Waals surface area contributed by atoms with E-state index >= 15 is 0 Å². The topological polar surface area (TPSA) is 87.5 Å². The van der Waals surface area contributed by atoms with Crippen molar-refractivity contribution < 1.29 is 4.42 Å². The van der Waals surface area contributed by atoms with Gasteiger partial charge in [-0.1, -0.05) is 179 Å². The summed E-state index contributed by atoms with van der Waals surface area (Å²) >= 11 is 0. The predicted octanol–water partition coefficient (Wildman–Crippen LogP) is 17.3. The van der Waals surface area contributed by atoms with Gasteiger partial charge in [-0.15, -0.1) is 0 Å². The molecule has 0 bridgehead atoms. The lowest BCUT2D eigenvalue weighted by molar-refractivity contribution is 0.669. The first kappa shape index (κ1) is 44.2. The second-order valence-electron chi connectivity index (χ2n) is 20.0. The Labute approximate surface area is 433 Å². The maximum atomic E-state index is 6.23. The van der Waals surface area contributed by atoms with Crippen LogP contribution in [0.1, 0.15) is 50.7 Å². The molecule has 14 rings (SSSR count). The molecule has 0 unspecified atom stereocenters. The molecule has 0 atom stereocenters. The van der Waals surface area contributed by atoms with Crippen molar-refractivity contribution in [1.29, 1.82) is 0 Å². The zero-order chi connectivity index (χ0) is 50.3. The van der Waals surface area contributed by atoms with Crippen molar-refractivity contribution in [3.8, 4) is 68.2 Å². The van der Waals surface area contributed by atoms with Gasteiger partial charge >= 0.3 is 0 Å². The molecule has 0 radical (unpaired) electrons. The number of aromatic nitrogens is 7. The molecule has 0 amide bonds. The SMILES string of the molecule is CC(C)c1c(C(C)C)c2c(c3ccccc3n2-c2ccnc(-c3ccc4oc5ccccc5c4c3)n2)c2c1c1ccccc1n2-c1nc(-c2cccc(-c3ccccc3)c2)nc(-c2cccc(-c3ccccc3)c2)n1. The minimum atomic E-state index is 0.140. The quantitative estimate of drug-likeness (QED) is 0.143. The highest BCUT2D eigenvalue weighted by atomic mass is 16.3. The summed E-state index contributed by atoms with van der Waals surface area (Å²) in [6, 6.07) is 71.9. The maximum Gasteiger partial charge on any atom is 0.238 e. The number of hydrogen-bond acceptors (Lipinski definition) is 6. The van der Waals surface area contributed by atoms with Crippen molar-refractivity contribution in [3.63, 3.8) is 0 Å². The summed E-state index contributed by atoms with van der Waals surface area (Å²) in [5.74, 6) is 3.40. The molecule has 14 aromatic rings. The fourth-order valence-electron chi connectivity index (χ4n) is 11.5. The Kier molecular flexibility index (Phi) is 10.4. The molecule has 9 aromatic carbocycles. The van der Waals surface area contributed by atoms with Crippen LogP contribution in [0.2, 0.25) is 0 Å². The molecule has 75 heavy (non-hydrogen) atoms. The highest BCUT2D eigenvalue weighted by Crippen LogP contribution is 2.49. The largest absolute Gasteiger partial charge is 0.456 e. The van der Waals surface area contributed by atoms with E-state index in [0.29, 0.717) is 23.4 Å². The van der Waals surface area contributed by atoms with E-state index in [-0.39, 0.29) is 11.8 Å². The molecule has 8 heteroatoms. The lowest BCUT2D eigenvalue weighted by Gasteiger charge is -2.22. The average molecular weight is 968 g/mol. The molecule has 5 aromatic heterocycles. The van der Waals surface area contributed by atoms with E-state index < -0.39 is 0 Å². The summed E-state index contributed by atoms with van der Waals surface area (Å²) in [6.45, 7) is 9.29. The molecule has 0 saturated carbocycles. The summed E-state index contributed by atoms with van der Waals surface area (Å²) in [5, 5.41) is 6.65. The molecule has 0 N–H and O–H groups in total. The lowest BCUT2D eigenvalue weighted by atomic mass is 9.85. The number of benzene rings is 9. The van der Waals surface area contributed by atoms with Gasteiger partial charge in [0.2, 0.25) is 5.95 Å². The van der Waals surface area contributed by atoms with Gasteiger partial charge in [0.25, 0.3) is 0 Å². The van der Waals surface area contributed by atoms with Crippen LogP contribution in [0, 0.1) is 0 Å². The van der Waals surface area contributed by atoms with Gasteiger partial charge in [-0.05, 0) is 99.8 Å². The van der Waals surface area contributed by atoms with Gasteiger partial charge < -0.3 is 4.42 Å². The Bertz CT molecular complexity index is 4450. The fourth-order valence-corrected chi connectivity index (χ4v) is 11.5. The monoisotopic (exact) mass is 967 g/mol. The number of furan rings is 1. The number of rotatable bonds is 9. The van der Waals surface area contributed by atoms with Gasteiger partial charge in [0, 0.05) is 55.2 Å². The third-order valence-electron chi connectivity index (χ3n) is 14.7. The molecule has 0 saturated heterocycles. The van der Waals surface area contributed by atoms with Crippen LogP contribution in [0.5, 0.6) is 0 Å². The van der Waals surface area contributed by atoms with Gasteiger partial charge in [0.1, 0.15) is 17.0 Å². The summed E-state index contributed by atoms with van der Waals surface area (Å²) in [7, 11) is 0. The summed E-state index contributed by atoms with van der Waals surface area (Å²) < 4.78 is 10.9. The van der Waals surface area contributed by atoms with Crippen molar-refractivity contribution >= 4 is 65.6 Å². The van der Waals surface area contributed by atoms with E-state index in [1.165, 1.54) is 16.5 Å². The Morgan fingerprint density at radius 3 is 1.52 bits per heavy atom. The smallest absolute Gasteiger partial charge is 0.238 e. The summed E-state index contributed by atoms with van der Waals surface area (Å²) in [4.78, 5) is 26.9. The van der Waals surface area contributed by atoms with Crippen LogP contribution in [0.15, 0.2) is 217 Å². The van der Waals surface area contributed by atoms with E-state index in [1.54, 1.807) is 0 Å². The Balaban J connectivity index is 1.08. The van der Waals surface area contributed by atoms with Crippen LogP contribution >= 0.6 is 0 Å². The average Bonchev–Trinajstić information content (AvgIpc) is 4.31. The van der Waals surface area contributed by atoms with Gasteiger partial charge in [-0.25, -0.2) is 15.0 Å². The highest BCUT2D eigenvalue weighted by molar-refractivity contribution is 6.28. The van der Waals surface area contributed by atoms with E-state index in [1.807, 2.05) is 48.7 Å².